The summed E-state index contributed by atoms with van der Waals surface area (Å²) in [7, 11) is 1.56. The van der Waals surface area contributed by atoms with E-state index >= 15 is 0 Å². The maximum absolute atomic E-state index is 11.8. The molecule has 1 amide bonds. The first kappa shape index (κ1) is 21.1. The van der Waals surface area contributed by atoms with E-state index in [2.05, 4.69) is 15.6 Å². The molecule has 0 spiro atoms. The summed E-state index contributed by atoms with van der Waals surface area (Å²) in [6, 6.07) is 13.0. The molecule has 1 aromatic carbocycles. The van der Waals surface area contributed by atoms with Crippen LogP contribution in [0.4, 0.5) is 5.82 Å². The molecule has 1 unspecified atom stereocenters. The van der Waals surface area contributed by atoms with Crippen molar-refractivity contribution >= 4 is 22.6 Å². The van der Waals surface area contributed by atoms with Gasteiger partial charge in [-0.15, -0.1) is 0 Å². The number of anilines is 1. The van der Waals surface area contributed by atoms with Crippen molar-refractivity contribution in [2.24, 2.45) is 5.92 Å². The summed E-state index contributed by atoms with van der Waals surface area (Å²) in [6.45, 7) is 0.112. The van der Waals surface area contributed by atoms with Crippen LogP contribution in [0.1, 0.15) is 42.6 Å². The monoisotopic (exact) mass is 420 g/mol. The van der Waals surface area contributed by atoms with E-state index in [9.17, 15) is 9.90 Å². The van der Waals surface area contributed by atoms with Gasteiger partial charge in [0.2, 0.25) is 0 Å². The van der Waals surface area contributed by atoms with Crippen LogP contribution in [-0.2, 0) is 0 Å². The van der Waals surface area contributed by atoms with Gasteiger partial charge >= 0.3 is 0 Å². The third kappa shape index (κ3) is 5.11. The molecule has 7 nitrogen and oxygen atoms in total. The number of rotatable bonds is 7. The number of aliphatic hydroxyl groups is 1. The number of ether oxygens (including phenoxy) is 1. The van der Waals surface area contributed by atoms with E-state index in [1.165, 1.54) is 19.3 Å². The average molecular weight is 421 g/mol. The first-order valence-corrected chi connectivity index (χ1v) is 10.8. The fourth-order valence-corrected chi connectivity index (χ4v) is 4.15. The van der Waals surface area contributed by atoms with Gasteiger partial charge in [-0.25, -0.2) is 4.98 Å². The van der Waals surface area contributed by atoms with Crippen molar-refractivity contribution in [3.05, 3.63) is 54.4 Å². The fraction of sp³-hybridized carbons (Fsp3) is 0.375. The molecule has 4 rings (SSSR count). The van der Waals surface area contributed by atoms with Crippen LogP contribution in [0.3, 0.4) is 0 Å². The number of aliphatic hydroxyl groups excluding tert-OH is 1. The number of nitrogens with zero attached hydrogens (tertiary/aromatic N) is 2. The quantitative estimate of drug-likeness (QED) is 0.532. The molecule has 1 aliphatic carbocycles. The minimum atomic E-state index is -0.261. The van der Waals surface area contributed by atoms with E-state index in [0.717, 1.165) is 29.6 Å². The van der Waals surface area contributed by atoms with E-state index in [0.29, 0.717) is 23.1 Å². The largest absolute Gasteiger partial charge is 0.457 e. The number of fused-ring (bicyclic) bond motifs is 1. The molecule has 162 valence electrons. The molecule has 0 bridgehead atoms. The number of benzene rings is 1. The van der Waals surface area contributed by atoms with Gasteiger partial charge in [0, 0.05) is 24.7 Å². The third-order valence-electron chi connectivity index (χ3n) is 5.84. The zero-order valence-electron chi connectivity index (χ0n) is 17.7. The summed E-state index contributed by atoms with van der Waals surface area (Å²) >= 11 is 0. The predicted molar refractivity (Wildman–Crippen MR) is 121 cm³/mol. The summed E-state index contributed by atoms with van der Waals surface area (Å²) < 4.78 is 5.92. The second kappa shape index (κ2) is 9.75. The second-order valence-corrected chi connectivity index (χ2v) is 7.94. The van der Waals surface area contributed by atoms with Crippen molar-refractivity contribution in [1.29, 1.82) is 0 Å². The van der Waals surface area contributed by atoms with Gasteiger partial charge in [-0.1, -0.05) is 19.3 Å². The maximum Gasteiger partial charge on any atom is 0.269 e. The van der Waals surface area contributed by atoms with E-state index < -0.39 is 0 Å². The number of hydrogen-bond donors (Lipinski definition) is 3. The van der Waals surface area contributed by atoms with Crippen LogP contribution in [0.25, 0.3) is 10.9 Å². The Bertz CT molecular complexity index is 1050. The smallest absolute Gasteiger partial charge is 0.269 e. The van der Waals surface area contributed by atoms with Gasteiger partial charge in [-0.2, -0.15) is 0 Å². The molecule has 1 aliphatic rings. The average Bonchev–Trinajstić information content (AvgIpc) is 2.82. The molecular formula is C24H28N4O3. The SMILES string of the molecule is CNC(=O)c1cc(Oc2ccc3nc(NC(CO)C4CCCCC4)ccc3c2)ccn1. The zero-order chi connectivity index (χ0) is 21.6. The lowest BCUT2D eigenvalue weighted by Gasteiger charge is -2.30. The van der Waals surface area contributed by atoms with Crippen LogP contribution in [0.2, 0.25) is 0 Å². The number of amides is 1. The van der Waals surface area contributed by atoms with E-state index in [1.54, 1.807) is 25.4 Å². The molecule has 0 saturated heterocycles. The van der Waals surface area contributed by atoms with Crippen LogP contribution in [0.15, 0.2) is 48.7 Å². The Balaban J connectivity index is 1.48. The van der Waals surface area contributed by atoms with Crippen LogP contribution in [0.5, 0.6) is 11.5 Å². The van der Waals surface area contributed by atoms with Crippen molar-refractivity contribution in [2.45, 2.75) is 38.1 Å². The van der Waals surface area contributed by atoms with Gasteiger partial charge in [0.05, 0.1) is 18.2 Å². The molecule has 3 aromatic rings. The lowest BCUT2D eigenvalue weighted by molar-refractivity contribution is 0.0958. The third-order valence-corrected chi connectivity index (χ3v) is 5.84. The summed E-state index contributed by atoms with van der Waals surface area (Å²) in [4.78, 5) is 20.5. The number of hydrogen-bond acceptors (Lipinski definition) is 6. The van der Waals surface area contributed by atoms with Gasteiger partial charge in [0.1, 0.15) is 23.0 Å². The molecule has 1 atom stereocenters. The zero-order valence-corrected chi connectivity index (χ0v) is 17.7. The molecule has 1 fully saturated rings. The molecule has 2 heterocycles. The van der Waals surface area contributed by atoms with Crippen molar-refractivity contribution in [3.63, 3.8) is 0 Å². The number of aromatic nitrogens is 2. The van der Waals surface area contributed by atoms with Gasteiger partial charge in [-0.3, -0.25) is 9.78 Å². The van der Waals surface area contributed by atoms with Crippen LogP contribution < -0.4 is 15.4 Å². The summed E-state index contributed by atoms with van der Waals surface area (Å²) in [5, 5.41) is 16.8. The highest BCUT2D eigenvalue weighted by molar-refractivity contribution is 5.92. The first-order chi connectivity index (χ1) is 15.2. The summed E-state index contributed by atoms with van der Waals surface area (Å²) in [6.07, 6.45) is 7.62. The molecule has 0 radical (unpaired) electrons. The lowest BCUT2D eigenvalue weighted by Crippen LogP contribution is -2.34. The first-order valence-electron chi connectivity index (χ1n) is 10.8. The Morgan fingerprint density at radius 1 is 1.13 bits per heavy atom. The molecule has 7 heteroatoms. The van der Waals surface area contributed by atoms with E-state index in [-0.39, 0.29) is 18.6 Å². The normalized spacial score (nSPS) is 15.4. The molecule has 3 N–H and O–H groups in total. The Morgan fingerprint density at radius 2 is 1.94 bits per heavy atom. The van der Waals surface area contributed by atoms with E-state index in [1.807, 2.05) is 30.3 Å². The molecule has 31 heavy (non-hydrogen) atoms. The van der Waals surface area contributed by atoms with Crippen molar-refractivity contribution in [2.75, 3.05) is 19.0 Å². The summed E-state index contributed by atoms with van der Waals surface area (Å²) in [5.74, 6) is 2.20. The Labute approximate surface area is 181 Å². The lowest BCUT2D eigenvalue weighted by atomic mass is 9.84. The Morgan fingerprint density at radius 3 is 2.71 bits per heavy atom. The number of carbonyl (C=O) groups is 1. The van der Waals surface area contributed by atoms with Gasteiger partial charge in [0.25, 0.3) is 5.91 Å². The van der Waals surface area contributed by atoms with E-state index in [4.69, 9.17) is 9.72 Å². The molecular weight excluding hydrogens is 392 g/mol. The van der Waals surface area contributed by atoms with Crippen LogP contribution in [0, 0.1) is 5.92 Å². The van der Waals surface area contributed by atoms with Gasteiger partial charge in [-0.05, 0) is 55.2 Å². The van der Waals surface area contributed by atoms with Gasteiger partial charge < -0.3 is 20.5 Å². The Hall–Kier alpha value is -3.19. The van der Waals surface area contributed by atoms with Crippen molar-refractivity contribution < 1.29 is 14.6 Å². The highest BCUT2D eigenvalue weighted by Gasteiger charge is 2.23. The fourth-order valence-electron chi connectivity index (χ4n) is 4.15. The standard InChI is InChI=1S/C24H28N4O3/c1-25-24(30)21-14-19(11-12-26-21)31-18-8-9-20-17(13-18)7-10-23(27-20)28-22(15-29)16-5-3-2-4-6-16/h7-14,16,22,29H,2-6,15H2,1H3,(H,25,30)(H,27,28). The Kier molecular flexibility index (Phi) is 6.62. The molecule has 0 aliphatic heterocycles. The van der Waals surface area contributed by atoms with Gasteiger partial charge in [0.15, 0.2) is 0 Å². The topological polar surface area (TPSA) is 96.4 Å². The molecule has 2 aromatic heterocycles. The van der Waals surface area contributed by atoms with Crippen LogP contribution >= 0.6 is 0 Å². The number of pyridine rings is 2. The van der Waals surface area contributed by atoms with Crippen molar-refractivity contribution in [1.82, 2.24) is 15.3 Å². The van der Waals surface area contributed by atoms with Crippen molar-refractivity contribution in [3.8, 4) is 11.5 Å². The highest BCUT2D eigenvalue weighted by Crippen LogP contribution is 2.29. The predicted octanol–water partition coefficient (Wildman–Crippen LogP) is 4.13. The van der Waals surface area contributed by atoms with Crippen LogP contribution in [-0.4, -0.2) is 40.7 Å². The number of carbonyl (C=O) groups excluding carboxylic acids is 1. The maximum atomic E-state index is 11.8. The minimum absolute atomic E-state index is 0.0362. The molecule has 1 saturated carbocycles. The highest BCUT2D eigenvalue weighted by atomic mass is 16.5. The second-order valence-electron chi connectivity index (χ2n) is 7.94. The minimum Gasteiger partial charge on any atom is -0.457 e. The summed E-state index contributed by atoms with van der Waals surface area (Å²) in [5.41, 5.74) is 1.15. The number of nitrogens with one attached hydrogen (secondary N) is 2.